The van der Waals surface area contributed by atoms with Gasteiger partial charge in [0, 0.05) is 32.7 Å². The molecular formula is C18H22N2O3. The molecule has 1 amide bonds. The van der Waals surface area contributed by atoms with Gasteiger partial charge < -0.3 is 14.9 Å². The van der Waals surface area contributed by atoms with E-state index in [9.17, 15) is 14.7 Å². The molecule has 2 aliphatic heterocycles. The third kappa shape index (κ3) is 2.77. The second-order valence-corrected chi connectivity index (χ2v) is 6.49. The van der Waals surface area contributed by atoms with Gasteiger partial charge in [0.2, 0.25) is 5.91 Å². The lowest BCUT2D eigenvalue weighted by Gasteiger charge is -2.24. The topological polar surface area (TPSA) is 60.9 Å². The summed E-state index contributed by atoms with van der Waals surface area (Å²) < 4.78 is 0. The quantitative estimate of drug-likeness (QED) is 0.803. The Morgan fingerprint density at radius 1 is 1.35 bits per heavy atom. The Balaban J connectivity index is 1.70. The van der Waals surface area contributed by atoms with Crippen LogP contribution in [0, 0.1) is 11.3 Å². The number of rotatable bonds is 6. The fourth-order valence-corrected chi connectivity index (χ4v) is 3.82. The number of carboxylic acid groups (broad SMARTS) is 1. The molecule has 2 heterocycles. The van der Waals surface area contributed by atoms with Gasteiger partial charge in [0.25, 0.3) is 0 Å². The zero-order valence-electron chi connectivity index (χ0n) is 13.1. The number of nitrogens with zero attached hydrogens (tertiary/aromatic N) is 2. The Morgan fingerprint density at radius 2 is 2.09 bits per heavy atom. The minimum absolute atomic E-state index is 0.0467. The monoisotopic (exact) mass is 314 g/mol. The van der Waals surface area contributed by atoms with Crippen LogP contribution in [0.1, 0.15) is 5.56 Å². The van der Waals surface area contributed by atoms with Crippen molar-refractivity contribution >= 4 is 11.9 Å². The number of fused-ring (bicyclic) bond motifs is 1. The first kappa shape index (κ1) is 15.7. The van der Waals surface area contributed by atoms with Crippen LogP contribution in [-0.2, 0) is 16.0 Å². The van der Waals surface area contributed by atoms with E-state index in [2.05, 4.69) is 23.6 Å². The smallest absolute Gasteiger partial charge is 0.313 e. The van der Waals surface area contributed by atoms with E-state index in [1.54, 1.807) is 11.0 Å². The second-order valence-electron chi connectivity index (χ2n) is 6.49. The molecule has 1 aromatic rings. The van der Waals surface area contributed by atoms with E-state index in [-0.39, 0.29) is 5.91 Å². The van der Waals surface area contributed by atoms with Crippen molar-refractivity contribution in [3.05, 3.63) is 48.6 Å². The molecule has 23 heavy (non-hydrogen) atoms. The molecule has 3 rings (SSSR count). The normalized spacial score (nSPS) is 27.2. The lowest BCUT2D eigenvalue weighted by atomic mass is 9.81. The van der Waals surface area contributed by atoms with E-state index in [1.807, 2.05) is 18.2 Å². The Bertz CT molecular complexity index is 616. The molecule has 2 aliphatic rings. The molecule has 1 N–H and O–H groups in total. The molecule has 0 saturated carbocycles. The highest BCUT2D eigenvalue weighted by atomic mass is 16.4. The summed E-state index contributed by atoms with van der Waals surface area (Å²) in [6, 6.07) is 10.1. The highest BCUT2D eigenvalue weighted by Gasteiger charge is 2.61. The van der Waals surface area contributed by atoms with Crippen LogP contribution in [0.25, 0.3) is 0 Å². The van der Waals surface area contributed by atoms with Gasteiger partial charge >= 0.3 is 5.97 Å². The Hall–Kier alpha value is -2.14. The van der Waals surface area contributed by atoms with Gasteiger partial charge in [-0.3, -0.25) is 9.59 Å². The maximum absolute atomic E-state index is 12.5. The zero-order valence-corrected chi connectivity index (χ0v) is 13.1. The average molecular weight is 314 g/mol. The van der Waals surface area contributed by atoms with E-state index < -0.39 is 17.3 Å². The van der Waals surface area contributed by atoms with Gasteiger partial charge in [-0.25, -0.2) is 0 Å². The lowest BCUT2D eigenvalue weighted by molar-refractivity contribution is -0.149. The summed E-state index contributed by atoms with van der Waals surface area (Å²) in [6.45, 7) is 6.12. The maximum Gasteiger partial charge on any atom is 0.313 e. The predicted octanol–water partition coefficient (Wildman–Crippen LogP) is 1.26. The Morgan fingerprint density at radius 3 is 2.70 bits per heavy atom. The molecule has 122 valence electrons. The summed E-state index contributed by atoms with van der Waals surface area (Å²) in [5.41, 5.74) is 0.269. The molecule has 5 nitrogen and oxygen atoms in total. The van der Waals surface area contributed by atoms with E-state index >= 15 is 0 Å². The second kappa shape index (κ2) is 6.16. The third-order valence-corrected chi connectivity index (χ3v) is 5.03. The van der Waals surface area contributed by atoms with E-state index in [4.69, 9.17) is 0 Å². The highest BCUT2D eigenvalue weighted by molar-refractivity contribution is 5.92. The van der Waals surface area contributed by atoms with Crippen LogP contribution >= 0.6 is 0 Å². The van der Waals surface area contributed by atoms with Crippen molar-refractivity contribution in [2.24, 2.45) is 11.3 Å². The largest absolute Gasteiger partial charge is 0.481 e. The summed E-state index contributed by atoms with van der Waals surface area (Å²) in [5, 5.41) is 9.75. The zero-order chi connectivity index (χ0) is 16.4. The summed E-state index contributed by atoms with van der Waals surface area (Å²) in [5.74, 6) is -1.34. The number of hydrogen-bond acceptors (Lipinski definition) is 3. The Labute approximate surface area is 136 Å². The van der Waals surface area contributed by atoms with Crippen molar-refractivity contribution in [3.8, 4) is 0 Å². The molecule has 2 atom stereocenters. The molecule has 0 radical (unpaired) electrons. The molecular weight excluding hydrogens is 292 g/mol. The Kier molecular flexibility index (Phi) is 4.22. The van der Waals surface area contributed by atoms with Crippen molar-refractivity contribution in [2.45, 2.75) is 6.42 Å². The van der Waals surface area contributed by atoms with Crippen LogP contribution < -0.4 is 0 Å². The number of likely N-dealkylation sites (tertiary alicyclic amines) is 2. The van der Waals surface area contributed by atoms with E-state index in [0.29, 0.717) is 26.2 Å². The first-order chi connectivity index (χ1) is 11.1. The maximum atomic E-state index is 12.5. The number of amides is 1. The predicted molar refractivity (Wildman–Crippen MR) is 86.9 cm³/mol. The van der Waals surface area contributed by atoms with Crippen molar-refractivity contribution in [3.63, 3.8) is 0 Å². The summed E-state index contributed by atoms with van der Waals surface area (Å²) in [6.07, 6.45) is 2.52. The molecule has 0 unspecified atom stereocenters. The summed E-state index contributed by atoms with van der Waals surface area (Å²) >= 11 is 0. The number of hydrogen-bond donors (Lipinski definition) is 1. The lowest BCUT2D eigenvalue weighted by Crippen LogP contribution is -2.41. The van der Waals surface area contributed by atoms with Gasteiger partial charge in [-0.05, 0) is 12.0 Å². The fraction of sp³-hybridized carbons (Fsp3) is 0.444. The van der Waals surface area contributed by atoms with Crippen LogP contribution in [0.5, 0.6) is 0 Å². The molecule has 0 bridgehead atoms. The van der Waals surface area contributed by atoms with E-state index in [0.717, 1.165) is 13.0 Å². The van der Waals surface area contributed by atoms with Crippen molar-refractivity contribution in [1.29, 1.82) is 0 Å². The first-order valence-electron chi connectivity index (χ1n) is 7.96. The third-order valence-electron chi connectivity index (χ3n) is 5.03. The molecule has 0 aliphatic carbocycles. The average Bonchev–Trinajstić information content (AvgIpc) is 3.03. The number of benzene rings is 1. The SMILES string of the molecule is C=CCN1C[C@@]2(C(=O)O)CN(CCc3ccccc3)C[C@H]2C1=O. The van der Waals surface area contributed by atoms with Crippen LogP contribution in [0.2, 0.25) is 0 Å². The molecule has 0 aromatic heterocycles. The molecule has 2 fully saturated rings. The molecule has 1 aromatic carbocycles. The summed E-state index contributed by atoms with van der Waals surface area (Å²) in [4.78, 5) is 28.1. The number of carboxylic acids is 1. The van der Waals surface area contributed by atoms with Crippen LogP contribution in [0.15, 0.2) is 43.0 Å². The van der Waals surface area contributed by atoms with Crippen molar-refractivity contribution < 1.29 is 14.7 Å². The van der Waals surface area contributed by atoms with Gasteiger partial charge in [-0.1, -0.05) is 36.4 Å². The van der Waals surface area contributed by atoms with E-state index in [1.165, 1.54) is 5.56 Å². The van der Waals surface area contributed by atoms with Crippen molar-refractivity contribution in [1.82, 2.24) is 9.80 Å². The standard InChI is InChI=1S/C18H22N2O3/c1-2-9-20-13-18(17(22)23)12-19(11-15(18)16(20)21)10-8-14-6-4-3-5-7-14/h2-7,15H,1,8-13H2,(H,22,23)/t15-,18-/m0/s1. The van der Waals surface area contributed by atoms with Gasteiger partial charge in [0.15, 0.2) is 0 Å². The van der Waals surface area contributed by atoms with Crippen LogP contribution in [0.3, 0.4) is 0 Å². The van der Waals surface area contributed by atoms with Gasteiger partial charge in [-0.2, -0.15) is 0 Å². The van der Waals surface area contributed by atoms with Crippen LogP contribution in [-0.4, -0.2) is 59.5 Å². The molecule has 0 spiro atoms. The minimum Gasteiger partial charge on any atom is -0.481 e. The minimum atomic E-state index is -0.962. The van der Waals surface area contributed by atoms with Gasteiger partial charge in [0.1, 0.15) is 5.41 Å². The number of aliphatic carboxylic acids is 1. The highest BCUT2D eigenvalue weighted by Crippen LogP contribution is 2.43. The number of carbonyl (C=O) groups excluding carboxylic acids is 1. The van der Waals surface area contributed by atoms with Gasteiger partial charge in [0.05, 0.1) is 5.92 Å². The van der Waals surface area contributed by atoms with Crippen LogP contribution in [0.4, 0.5) is 0 Å². The van der Waals surface area contributed by atoms with Gasteiger partial charge in [-0.15, -0.1) is 6.58 Å². The molecule has 2 saturated heterocycles. The summed E-state index contributed by atoms with van der Waals surface area (Å²) in [7, 11) is 0. The first-order valence-corrected chi connectivity index (χ1v) is 7.96. The molecule has 5 heteroatoms. The fourth-order valence-electron chi connectivity index (χ4n) is 3.82. The van der Waals surface area contributed by atoms with Crippen molar-refractivity contribution in [2.75, 3.05) is 32.7 Å². The number of carbonyl (C=O) groups is 2.